The lowest BCUT2D eigenvalue weighted by molar-refractivity contribution is -0.134. The summed E-state index contributed by atoms with van der Waals surface area (Å²) in [6.45, 7) is 9.80. The minimum Gasteiger partial charge on any atom is -0.407 e. The molecule has 1 aromatic heterocycles. The Morgan fingerprint density at radius 3 is 2.42 bits per heavy atom. The Morgan fingerprint density at radius 1 is 1.19 bits per heavy atom. The van der Waals surface area contributed by atoms with Crippen molar-refractivity contribution in [3.8, 4) is 5.88 Å². The molecule has 0 aliphatic heterocycles. The van der Waals surface area contributed by atoms with Gasteiger partial charge in [0.05, 0.1) is 11.2 Å². The molecule has 1 heterocycles. The van der Waals surface area contributed by atoms with Crippen molar-refractivity contribution >= 4 is 35.0 Å². The number of aromatic nitrogens is 2. The number of ketones is 1. The number of hydrogen-bond acceptors (Lipinski definition) is 4. The first kappa shape index (κ1) is 20.5. The minimum absolute atomic E-state index is 0.150. The maximum atomic E-state index is 13.1. The van der Waals surface area contributed by atoms with Crippen LogP contribution in [-0.2, 0) is 11.3 Å². The second kappa shape index (κ2) is 8.23. The van der Waals surface area contributed by atoms with E-state index >= 15 is 0 Å². The molecule has 0 fully saturated rings. The van der Waals surface area contributed by atoms with Gasteiger partial charge in [-0.25, -0.2) is 4.68 Å². The van der Waals surface area contributed by atoms with E-state index in [0.717, 1.165) is 5.56 Å². The molecule has 5 nitrogen and oxygen atoms in total. The van der Waals surface area contributed by atoms with Crippen molar-refractivity contribution in [2.45, 2.75) is 47.6 Å². The van der Waals surface area contributed by atoms with Crippen molar-refractivity contribution in [2.24, 2.45) is 5.92 Å². The third kappa shape index (κ3) is 4.10. The molecule has 26 heavy (non-hydrogen) atoms. The fourth-order valence-electron chi connectivity index (χ4n) is 2.54. The van der Waals surface area contributed by atoms with Gasteiger partial charge in [-0.3, -0.25) is 9.59 Å². The number of nitrogens with zero attached hydrogens (tertiary/aromatic N) is 2. The van der Waals surface area contributed by atoms with Crippen LogP contribution in [0.15, 0.2) is 12.3 Å². The average Bonchev–Trinajstić information content (AvgIpc) is 2.97. The van der Waals surface area contributed by atoms with Crippen molar-refractivity contribution in [1.29, 1.82) is 0 Å². The molecule has 0 unspecified atom stereocenters. The normalized spacial score (nSPS) is 11.1. The van der Waals surface area contributed by atoms with E-state index in [0.29, 0.717) is 22.7 Å². The molecule has 0 aliphatic rings. The van der Waals surface area contributed by atoms with E-state index in [-0.39, 0.29) is 34.6 Å². The number of esters is 1. The molecule has 1 aromatic carbocycles. The highest BCUT2D eigenvalue weighted by Gasteiger charge is 2.25. The number of halogens is 2. The lowest BCUT2D eigenvalue weighted by Gasteiger charge is -2.13. The van der Waals surface area contributed by atoms with Crippen LogP contribution in [0.5, 0.6) is 5.88 Å². The van der Waals surface area contributed by atoms with Crippen LogP contribution in [0.25, 0.3) is 0 Å². The number of benzene rings is 1. The number of ether oxygens (including phenoxy) is 1. The predicted molar refractivity (Wildman–Crippen MR) is 102 cm³/mol. The lowest BCUT2D eigenvalue weighted by atomic mass is 10.0. The van der Waals surface area contributed by atoms with Crippen LogP contribution in [0.4, 0.5) is 0 Å². The van der Waals surface area contributed by atoms with E-state index in [9.17, 15) is 9.59 Å². The van der Waals surface area contributed by atoms with E-state index in [4.69, 9.17) is 27.9 Å². The summed E-state index contributed by atoms with van der Waals surface area (Å²) < 4.78 is 6.94. The predicted octanol–water partition coefficient (Wildman–Crippen LogP) is 5.01. The van der Waals surface area contributed by atoms with E-state index in [1.807, 2.05) is 20.8 Å². The first-order valence-electron chi connectivity index (χ1n) is 8.43. The Hall–Kier alpha value is -1.85. The van der Waals surface area contributed by atoms with Crippen LogP contribution < -0.4 is 4.74 Å². The largest absolute Gasteiger partial charge is 0.407 e. The van der Waals surface area contributed by atoms with Gasteiger partial charge in [-0.1, -0.05) is 44.0 Å². The summed E-state index contributed by atoms with van der Waals surface area (Å²) in [7, 11) is 0. The Kier molecular flexibility index (Phi) is 6.48. The molecule has 0 saturated heterocycles. The van der Waals surface area contributed by atoms with Crippen molar-refractivity contribution in [3.63, 3.8) is 0 Å². The van der Waals surface area contributed by atoms with Crippen LogP contribution in [-0.4, -0.2) is 21.5 Å². The zero-order valence-corrected chi connectivity index (χ0v) is 17.0. The quantitative estimate of drug-likeness (QED) is 0.508. The Labute approximate surface area is 163 Å². The van der Waals surface area contributed by atoms with Crippen molar-refractivity contribution in [1.82, 2.24) is 9.78 Å². The number of rotatable bonds is 6. The highest BCUT2D eigenvalue weighted by Crippen LogP contribution is 2.33. The molecule has 0 spiro atoms. The molecule has 0 atom stereocenters. The molecular formula is C19H22Cl2N2O3. The van der Waals surface area contributed by atoms with Gasteiger partial charge >= 0.3 is 5.97 Å². The monoisotopic (exact) mass is 396 g/mol. The summed E-state index contributed by atoms with van der Waals surface area (Å²) in [5.41, 5.74) is 1.90. The lowest BCUT2D eigenvalue weighted by Crippen LogP contribution is -2.15. The summed E-state index contributed by atoms with van der Waals surface area (Å²) in [5, 5.41) is 5.05. The maximum absolute atomic E-state index is 13.1. The van der Waals surface area contributed by atoms with Crippen molar-refractivity contribution < 1.29 is 14.3 Å². The van der Waals surface area contributed by atoms with Gasteiger partial charge in [0.2, 0.25) is 11.7 Å². The molecule has 0 amide bonds. The highest BCUT2D eigenvalue weighted by molar-refractivity contribution is 6.39. The molecule has 0 radical (unpaired) electrons. The topological polar surface area (TPSA) is 61.2 Å². The van der Waals surface area contributed by atoms with E-state index in [2.05, 4.69) is 5.10 Å². The van der Waals surface area contributed by atoms with Crippen molar-refractivity contribution in [2.75, 3.05) is 0 Å². The van der Waals surface area contributed by atoms with E-state index in [1.165, 1.54) is 10.9 Å². The summed E-state index contributed by atoms with van der Waals surface area (Å²) in [5.74, 6) is -0.372. The Bertz CT molecular complexity index is 857. The standard InChI is InChI=1S/C19H22Cl2N2O3/c1-6-15(24)26-19-14(8-22-23(19)9-10(2)3)18(25)13-7-11(4)16(20)12(5)17(13)21/h7-8,10H,6,9H2,1-5H3. The fraction of sp³-hybridized carbons (Fsp3) is 0.421. The average molecular weight is 397 g/mol. The van der Waals surface area contributed by atoms with Crippen LogP contribution in [0.1, 0.15) is 54.2 Å². The molecular weight excluding hydrogens is 375 g/mol. The summed E-state index contributed by atoms with van der Waals surface area (Å²) >= 11 is 12.6. The molecule has 0 N–H and O–H groups in total. The molecule has 7 heteroatoms. The Balaban J connectivity index is 2.56. The second-order valence-electron chi connectivity index (χ2n) is 6.59. The molecule has 2 rings (SSSR count). The summed E-state index contributed by atoms with van der Waals surface area (Å²) in [4.78, 5) is 24.9. The van der Waals surface area contributed by atoms with E-state index in [1.54, 1.807) is 19.9 Å². The third-order valence-electron chi connectivity index (χ3n) is 3.92. The number of carbonyl (C=O) groups excluding carboxylic acids is 2. The SMILES string of the molecule is CCC(=O)Oc1c(C(=O)c2cc(C)c(Cl)c(C)c2Cl)cnn1CC(C)C. The molecule has 0 bridgehead atoms. The molecule has 0 aliphatic carbocycles. The molecule has 2 aromatic rings. The van der Waals surface area contributed by atoms with Crippen LogP contribution in [0, 0.1) is 19.8 Å². The van der Waals surface area contributed by atoms with Crippen molar-refractivity contribution in [3.05, 3.63) is 44.6 Å². The highest BCUT2D eigenvalue weighted by atomic mass is 35.5. The number of carbonyl (C=O) groups is 2. The summed E-state index contributed by atoms with van der Waals surface area (Å²) in [6, 6.07) is 1.64. The van der Waals surface area contributed by atoms with Gasteiger partial charge in [0.1, 0.15) is 5.56 Å². The zero-order valence-electron chi connectivity index (χ0n) is 15.5. The summed E-state index contributed by atoms with van der Waals surface area (Å²) in [6.07, 6.45) is 1.61. The number of hydrogen-bond donors (Lipinski definition) is 0. The van der Waals surface area contributed by atoms with Crippen LogP contribution in [0.3, 0.4) is 0 Å². The maximum Gasteiger partial charge on any atom is 0.312 e. The van der Waals surface area contributed by atoms with Gasteiger partial charge in [0.15, 0.2) is 0 Å². The molecule has 140 valence electrons. The zero-order chi connectivity index (χ0) is 19.6. The van der Waals surface area contributed by atoms with Crippen LogP contribution >= 0.6 is 23.2 Å². The first-order valence-corrected chi connectivity index (χ1v) is 9.19. The van der Waals surface area contributed by atoms with Gasteiger partial charge in [0, 0.05) is 23.6 Å². The molecule has 0 saturated carbocycles. The van der Waals surface area contributed by atoms with Crippen LogP contribution in [0.2, 0.25) is 10.0 Å². The Morgan fingerprint density at radius 2 is 1.85 bits per heavy atom. The van der Waals surface area contributed by atoms with Gasteiger partial charge < -0.3 is 4.74 Å². The van der Waals surface area contributed by atoms with E-state index < -0.39 is 5.97 Å². The smallest absolute Gasteiger partial charge is 0.312 e. The first-order chi connectivity index (χ1) is 12.2. The van der Waals surface area contributed by atoms with Gasteiger partial charge in [-0.05, 0) is 37.0 Å². The second-order valence-corrected chi connectivity index (χ2v) is 7.35. The number of aryl methyl sites for hydroxylation is 1. The minimum atomic E-state index is -0.431. The van der Waals surface area contributed by atoms with Gasteiger partial charge in [-0.2, -0.15) is 5.10 Å². The third-order valence-corrected chi connectivity index (χ3v) is 4.99. The van der Waals surface area contributed by atoms with Gasteiger partial charge in [-0.15, -0.1) is 0 Å². The fourth-order valence-corrected chi connectivity index (χ4v) is 2.97. The van der Waals surface area contributed by atoms with Gasteiger partial charge in [0.25, 0.3) is 0 Å².